The Kier molecular flexibility index (Phi) is 7.69. The first kappa shape index (κ1) is 22.8. The highest BCUT2D eigenvalue weighted by Crippen LogP contribution is 2.25. The molecule has 10 heteroatoms. The summed E-state index contributed by atoms with van der Waals surface area (Å²) < 4.78 is 5.55. The molecule has 0 saturated carbocycles. The quantitative estimate of drug-likeness (QED) is 0.673. The van der Waals surface area contributed by atoms with Gasteiger partial charge < -0.3 is 25.6 Å². The van der Waals surface area contributed by atoms with Gasteiger partial charge in [0, 0.05) is 43.7 Å². The number of nitrogens with zero attached hydrogens (tertiary/aromatic N) is 4. The Morgan fingerprint density at radius 3 is 2.68 bits per heavy atom. The van der Waals surface area contributed by atoms with Gasteiger partial charge in [-0.3, -0.25) is 4.79 Å². The fourth-order valence-corrected chi connectivity index (χ4v) is 3.76. The van der Waals surface area contributed by atoms with E-state index in [-0.39, 0.29) is 23.7 Å². The van der Waals surface area contributed by atoms with E-state index >= 15 is 0 Å². The number of carbonyl (C=O) groups excluding carboxylic acids is 2. The predicted octanol–water partition coefficient (Wildman–Crippen LogP) is 2.18. The number of rotatable bonds is 7. The number of thioether (sulfide) groups is 1. The molecule has 3 N–H and O–H groups in total. The number of nitrogens with one attached hydrogen (secondary N) is 1. The minimum Gasteiger partial charge on any atom is -0.377 e. The zero-order chi connectivity index (χ0) is 22.4. The average molecular weight is 445 g/mol. The molecule has 3 amide bonds. The predicted molar refractivity (Wildman–Crippen MR) is 123 cm³/mol. The molecule has 0 bridgehead atoms. The normalized spacial score (nSPS) is 16.1. The molecule has 3 rings (SSSR count). The molecule has 31 heavy (non-hydrogen) atoms. The van der Waals surface area contributed by atoms with E-state index in [1.807, 2.05) is 30.3 Å². The van der Waals surface area contributed by atoms with Crippen LogP contribution in [0.5, 0.6) is 0 Å². The Morgan fingerprint density at radius 1 is 1.29 bits per heavy atom. The summed E-state index contributed by atoms with van der Waals surface area (Å²) >= 11 is 1.43. The number of morpholine rings is 1. The first-order valence-electron chi connectivity index (χ1n) is 10.0. The second-order valence-corrected chi connectivity index (χ2v) is 8.51. The van der Waals surface area contributed by atoms with Gasteiger partial charge in [-0.2, -0.15) is 0 Å². The van der Waals surface area contributed by atoms with Gasteiger partial charge in [0.1, 0.15) is 5.82 Å². The number of hydrogen-bond acceptors (Lipinski definition) is 7. The number of benzene rings is 1. The second-order valence-electron chi connectivity index (χ2n) is 7.52. The highest BCUT2D eigenvalue weighted by atomic mass is 32.2. The molecule has 1 aliphatic heterocycles. The lowest BCUT2D eigenvalue weighted by atomic mass is 10.2. The molecule has 2 heterocycles. The molecule has 1 aliphatic rings. The number of hydrogen-bond donors (Lipinski definition) is 2. The molecule has 1 aromatic carbocycles. The third kappa shape index (κ3) is 6.31. The number of amides is 3. The number of urea groups is 1. The SMILES string of the molecule is C[C@H]1COCCN1c1cc(CSCC(N)=O)nc(-c2ccc(NC(=O)N(C)C)cc2)n1. The monoisotopic (exact) mass is 444 g/mol. The Labute approximate surface area is 186 Å². The van der Waals surface area contributed by atoms with Crippen molar-refractivity contribution in [2.45, 2.75) is 18.7 Å². The summed E-state index contributed by atoms with van der Waals surface area (Å²) in [5, 5.41) is 2.82. The van der Waals surface area contributed by atoms with E-state index < -0.39 is 0 Å². The smallest absolute Gasteiger partial charge is 0.321 e. The van der Waals surface area contributed by atoms with Crippen molar-refractivity contribution in [3.63, 3.8) is 0 Å². The van der Waals surface area contributed by atoms with Gasteiger partial charge in [-0.25, -0.2) is 14.8 Å². The van der Waals surface area contributed by atoms with Crippen LogP contribution in [0.4, 0.5) is 16.3 Å². The first-order chi connectivity index (χ1) is 14.8. The topological polar surface area (TPSA) is 114 Å². The molecule has 2 aromatic rings. The summed E-state index contributed by atoms with van der Waals surface area (Å²) in [5.41, 5.74) is 7.62. The highest BCUT2D eigenvalue weighted by Gasteiger charge is 2.22. The maximum atomic E-state index is 11.8. The fourth-order valence-electron chi connectivity index (χ4n) is 3.09. The van der Waals surface area contributed by atoms with Gasteiger partial charge in [0.05, 0.1) is 30.7 Å². The summed E-state index contributed by atoms with van der Waals surface area (Å²) in [5.74, 6) is 1.87. The molecule has 1 fully saturated rings. The van der Waals surface area contributed by atoms with E-state index in [0.717, 1.165) is 23.6 Å². The van der Waals surface area contributed by atoms with Crippen molar-refractivity contribution in [1.82, 2.24) is 14.9 Å². The molecule has 1 atom stereocenters. The molecule has 0 radical (unpaired) electrons. The third-order valence-corrected chi connectivity index (χ3v) is 5.71. The summed E-state index contributed by atoms with van der Waals surface area (Å²) in [6.07, 6.45) is 0. The van der Waals surface area contributed by atoms with Crippen LogP contribution in [-0.2, 0) is 15.3 Å². The number of ether oxygens (including phenoxy) is 1. The standard InChI is InChI=1S/C21H28N6O3S/c1-14-11-30-9-8-27(14)19-10-17(12-31-13-18(22)28)23-20(25-19)15-4-6-16(7-5-15)24-21(29)26(2)3/h4-7,10,14H,8-9,11-13H2,1-3H3,(H2,22,28)(H,24,29)/t14-/m0/s1. The molecule has 0 aliphatic carbocycles. The molecule has 1 saturated heterocycles. The number of carbonyl (C=O) groups is 2. The molecule has 1 aromatic heterocycles. The van der Waals surface area contributed by atoms with E-state index in [1.165, 1.54) is 16.7 Å². The minimum atomic E-state index is -0.350. The van der Waals surface area contributed by atoms with Crippen LogP contribution in [0.15, 0.2) is 30.3 Å². The van der Waals surface area contributed by atoms with E-state index in [9.17, 15) is 9.59 Å². The zero-order valence-electron chi connectivity index (χ0n) is 18.0. The number of anilines is 2. The van der Waals surface area contributed by atoms with E-state index in [4.69, 9.17) is 20.4 Å². The lowest BCUT2D eigenvalue weighted by Crippen LogP contribution is -2.44. The van der Waals surface area contributed by atoms with Crippen molar-refractivity contribution in [1.29, 1.82) is 0 Å². The second kappa shape index (κ2) is 10.5. The van der Waals surface area contributed by atoms with Crippen LogP contribution in [0, 0.1) is 0 Å². The lowest BCUT2D eigenvalue weighted by molar-refractivity contribution is -0.115. The number of aromatic nitrogens is 2. The Hall–Kier alpha value is -2.85. The first-order valence-corrected chi connectivity index (χ1v) is 11.2. The van der Waals surface area contributed by atoms with Crippen LogP contribution < -0.4 is 16.0 Å². The largest absolute Gasteiger partial charge is 0.377 e. The lowest BCUT2D eigenvalue weighted by Gasteiger charge is -2.34. The van der Waals surface area contributed by atoms with Crippen molar-refractivity contribution in [2.75, 3.05) is 49.8 Å². The van der Waals surface area contributed by atoms with Gasteiger partial charge in [-0.15, -0.1) is 11.8 Å². The van der Waals surface area contributed by atoms with Crippen LogP contribution in [0.1, 0.15) is 12.6 Å². The third-order valence-electron chi connectivity index (χ3n) is 4.72. The molecular formula is C21H28N6O3S. The van der Waals surface area contributed by atoms with Crippen molar-refractivity contribution in [2.24, 2.45) is 5.73 Å². The molecule has 9 nitrogen and oxygen atoms in total. The van der Waals surface area contributed by atoms with Gasteiger partial charge in [0.15, 0.2) is 5.82 Å². The van der Waals surface area contributed by atoms with E-state index in [0.29, 0.717) is 30.5 Å². The van der Waals surface area contributed by atoms with Gasteiger partial charge in [-0.05, 0) is 31.2 Å². The molecule has 166 valence electrons. The van der Waals surface area contributed by atoms with Crippen molar-refractivity contribution < 1.29 is 14.3 Å². The van der Waals surface area contributed by atoms with Gasteiger partial charge >= 0.3 is 6.03 Å². The van der Waals surface area contributed by atoms with Crippen LogP contribution in [0.3, 0.4) is 0 Å². The summed E-state index contributed by atoms with van der Waals surface area (Å²) in [6, 6.07) is 9.38. The van der Waals surface area contributed by atoms with Crippen LogP contribution in [0.25, 0.3) is 11.4 Å². The average Bonchev–Trinajstić information content (AvgIpc) is 2.74. The Morgan fingerprint density at radius 2 is 2.03 bits per heavy atom. The number of nitrogens with two attached hydrogens (primary N) is 1. The molecular weight excluding hydrogens is 416 g/mol. The fraction of sp³-hybridized carbons (Fsp3) is 0.429. The van der Waals surface area contributed by atoms with Crippen LogP contribution in [-0.4, -0.2) is 72.5 Å². The van der Waals surface area contributed by atoms with E-state index in [2.05, 4.69) is 17.1 Å². The van der Waals surface area contributed by atoms with Gasteiger partial charge in [-0.1, -0.05) is 0 Å². The Bertz CT molecular complexity index is 922. The van der Waals surface area contributed by atoms with Crippen molar-refractivity contribution >= 4 is 35.2 Å². The molecule has 0 unspecified atom stereocenters. The van der Waals surface area contributed by atoms with Gasteiger partial charge in [0.25, 0.3) is 0 Å². The van der Waals surface area contributed by atoms with Gasteiger partial charge in [0.2, 0.25) is 5.91 Å². The summed E-state index contributed by atoms with van der Waals surface area (Å²) in [6.45, 7) is 4.15. The highest BCUT2D eigenvalue weighted by molar-refractivity contribution is 7.99. The maximum Gasteiger partial charge on any atom is 0.321 e. The van der Waals surface area contributed by atoms with Crippen LogP contribution >= 0.6 is 11.8 Å². The van der Waals surface area contributed by atoms with Crippen molar-refractivity contribution in [3.05, 3.63) is 36.0 Å². The van der Waals surface area contributed by atoms with E-state index in [1.54, 1.807) is 14.1 Å². The minimum absolute atomic E-state index is 0.193. The zero-order valence-corrected chi connectivity index (χ0v) is 18.8. The maximum absolute atomic E-state index is 11.8. The number of primary amides is 1. The van der Waals surface area contributed by atoms with Crippen LogP contribution in [0.2, 0.25) is 0 Å². The Balaban J connectivity index is 1.87. The summed E-state index contributed by atoms with van der Waals surface area (Å²) in [4.78, 5) is 36.1. The summed E-state index contributed by atoms with van der Waals surface area (Å²) in [7, 11) is 3.38. The van der Waals surface area contributed by atoms with Crippen molar-refractivity contribution in [3.8, 4) is 11.4 Å². The molecule has 0 spiro atoms.